The minimum Gasteiger partial charge on any atom is -0.315 e. The van der Waals surface area contributed by atoms with Gasteiger partial charge in [-0.25, -0.2) is 0 Å². The Morgan fingerprint density at radius 1 is 1.14 bits per heavy atom. The molecule has 0 aromatic rings. The van der Waals surface area contributed by atoms with E-state index in [4.69, 9.17) is 0 Å². The van der Waals surface area contributed by atoms with Crippen LogP contribution >= 0.6 is 0 Å². The summed E-state index contributed by atoms with van der Waals surface area (Å²) >= 11 is 0. The van der Waals surface area contributed by atoms with Crippen LogP contribution in [-0.4, -0.2) is 37.1 Å². The molecule has 0 rings (SSSR count). The maximum Gasteiger partial charge on any atom is 0.0243 e. The molecule has 0 amide bonds. The van der Waals surface area contributed by atoms with Gasteiger partial charge in [-0.15, -0.1) is 0 Å². The van der Waals surface area contributed by atoms with E-state index in [1.165, 1.54) is 6.42 Å². The molecule has 0 fully saturated rings. The molecule has 0 aliphatic heterocycles. The van der Waals surface area contributed by atoms with Crippen LogP contribution in [0.2, 0.25) is 0 Å². The van der Waals surface area contributed by atoms with Crippen LogP contribution < -0.4 is 5.32 Å². The minimum atomic E-state index is 0.630. The number of nitrogens with one attached hydrogen (secondary N) is 1. The maximum absolute atomic E-state index is 3.51. The molecular formula is C12H28N2. The molecule has 2 heteroatoms. The maximum atomic E-state index is 3.51. The van der Waals surface area contributed by atoms with Gasteiger partial charge in [0, 0.05) is 18.6 Å². The molecule has 0 bridgehead atoms. The Morgan fingerprint density at radius 2 is 1.71 bits per heavy atom. The Morgan fingerprint density at radius 3 is 2.07 bits per heavy atom. The Kier molecular flexibility index (Phi) is 7.20. The first-order valence-corrected chi connectivity index (χ1v) is 5.93. The van der Waals surface area contributed by atoms with E-state index in [2.05, 4.69) is 51.9 Å². The molecule has 14 heavy (non-hydrogen) atoms. The highest BCUT2D eigenvalue weighted by molar-refractivity contribution is 4.76. The van der Waals surface area contributed by atoms with Crippen LogP contribution in [0.4, 0.5) is 0 Å². The van der Waals surface area contributed by atoms with Gasteiger partial charge < -0.3 is 5.32 Å². The monoisotopic (exact) mass is 200 g/mol. The first-order valence-electron chi connectivity index (χ1n) is 5.93. The van der Waals surface area contributed by atoms with Gasteiger partial charge in [0.2, 0.25) is 0 Å². The average molecular weight is 200 g/mol. The largest absolute Gasteiger partial charge is 0.315 e. The van der Waals surface area contributed by atoms with Gasteiger partial charge in [-0.1, -0.05) is 20.8 Å². The molecule has 86 valence electrons. The molecular weight excluding hydrogens is 172 g/mol. The first kappa shape index (κ1) is 13.9. The van der Waals surface area contributed by atoms with Crippen molar-refractivity contribution in [1.82, 2.24) is 10.2 Å². The Bertz CT molecular complexity index is 132. The second-order valence-corrected chi connectivity index (χ2v) is 4.77. The highest BCUT2D eigenvalue weighted by Gasteiger charge is 2.19. The lowest BCUT2D eigenvalue weighted by molar-refractivity contribution is 0.150. The minimum absolute atomic E-state index is 0.630. The Balaban J connectivity index is 4.01. The van der Waals surface area contributed by atoms with Crippen LogP contribution in [0.15, 0.2) is 0 Å². The highest BCUT2D eigenvalue weighted by Crippen LogP contribution is 2.11. The fraction of sp³-hybridized carbons (Fsp3) is 1.00. The number of nitrogens with zero attached hydrogens (tertiary/aromatic N) is 1. The third kappa shape index (κ3) is 4.97. The van der Waals surface area contributed by atoms with Gasteiger partial charge in [0.15, 0.2) is 0 Å². The Labute approximate surface area is 90.1 Å². The summed E-state index contributed by atoms with van der Waals surface area (Å²) in [4.78, 5) is 2.47. The van der Waals surface area contributed by atoms with E-state index >= 15 is 0 Å². The van der Waals surface area contributed by atoms with E-state index in [-0.39, 0.29) is 0 Å². The van der Waals surface area contributed by atoms with Crippen LogP contribution in [0, 0.1) is 5.92 Å². The van der Waals surface area contributed by atoms with Crippen molar-refractivity contribution in [3.8, 4) is 0 Å². The van der Waals surface area contributed by atoms with E-state index in [1.54, 1.807) is 0 Å². The van der Waals surface area contributed by atoms with Gasteiger partial charge in [-0.2, -0.15) is 0 Å². The summed E-state index contributed by atoms with van der Waals surface area (Å²) in [5.41, 5.74) is 0. The number of hydrogen-bond donors (Lipinski definition) is 1. The third-order valence-corrected chi connectivity index (χ3v) is 2.89. The van der Waals surface area contributed by atoms with Gasteiger partial charge in [0.1, 0.15) is 0 Å². The molecule has 1 N–H and O–H groups in total. The number of rotatable bonds is 7. The number of likely N-dealkylation sites (N-methyl/N-ethyl adjacent to an activating group) is 1. The zero-order valence-electron chi connectivity index (χ0n) is 10.8. The molecule has 0 radical (unpaired) electrons. The van der Waals surface area contributed by atoms with Crippen molar-refractivity contribution >= 4 is 0 Å². The van der Waals surface area contributed by atoms with E-state index in [0.29, 0.717) is 18.0 Å². The standard InChI is InChI=1S/C12H28N2/c1-7-8-13-9-12(10(2)3)14(6)11(4)5/h10-13H,7-9H2,1-6H3. The average Bonchev–Trinajstić information content (AvgIpc) is 2.10. The lowest BCUT2D eigenvalue weighted by atomic mass is 10.0. The first-order chi connectivity index (χ1) is 6.50. The fourth-order valence-electron chi connectivity index (χ4n) is 1.66. The zero-order chi connectivity index (χ0) is 11.1. The molecule has 0 aliphatic rings. The summed E-state index contributed by atoms with van der Waals surface area (Å²) in [6.07, 6.45) is 1.22. The van der Waals surface area contributed by atoms with Gasteiger partial charge in [-0.3, -0.25) is 4.90 Å². The lowest BCUT2D eigenvalue weighted by Crippen LogP contribution is -2.46. The molecule has 0 aromatic heterocycles. The van der Waals surface area contributed by atoms with Gasteiger partial charge in [0.05, 0.1) is 0 Å². The molecule has 0 saturated heterocycles. The summed E-state index contributed by atoms with van der Waals surface area (Å²) in [6.45, 7) is 13.6. The van der Waals surface area contributed by atoms with Crippen molar-refractivity contribution in [3.63, 3.8) is 0 Å². The van der Waals surface area contributed by atoms with E-state index < -0.39 is 0 Å². The normalized spacial score (nSPS) is 14.4. The predicted octanol–water partition coefficient (Wildman–Crippen LogP) is 2.35. The van der Waals surface area contributed by atoms with Crippen molar-refractivity contribution in [1.29, 1.82) is 0 Å². The van der Waals surface area contributed by atoms with Crippen molar-refractivity contribution in [2.45, 2.75) is 53.1 Å². The van der Waals surface area contributed by atoms with Crippen molar-refractivity contribution in [3.05, 3.63) is 0 Å². The van der Waals surface area contributed by atoms with E-state index in [0.717, 1.165) is 13.1 Å². The van der Waals surface area contributed by atoms with Crippen LogP contribution in [0.25, 0.3) is 0 Å². The van der Waals surface area contributed by atoms with Crippen LogP contribution in [-0.2, 0) is 0 Å². The molecule has 2 nitrogen and oxygen atoms in total. The molecule has 1 atom stereocenters. The molecule has 0 heterocycles. The summed E-state index contributed by atoms with van der Waals surface area (Å²) < 4.78 is 0. The molecule has 0 saturated carbocycles. The smallest absolute Gasteiger partial charge is 0.0243 e. The third-order valence-electron chi connectivity index (χ3n) is 2.89. The van der Waals surface area contributed by atoms with Crippen LogP contribution in [0.5, 0.6) is 0 Å². The summed E-state index contributed by atoms with van der Waals surface area (Å²) in [6, 6.07) is 1.28. The zero-order valence-corrected chi connectivity index (χ0v) is 10.8. The molecule has 0 aliphatic carbocycles. The molecule has 1 unspecified atom stereocenters. The summed E-state index contributed by atoms with van der Waals surface area (Å²) in [7, 11) is 2.23. The molecule has 0 spiro atoms. The Hall–Kier alpha value is -0.0800. The predicted molar refractivity (Wildman–Crippen MR) is 64.7 cm³/mol. The van der Waals surface area contributed by atoms with Gasteiger partial charge in [0.25, 0.3) is 0 Å². The van der Waals surface area contributed by atoms with Crippen molar-refractivity contribution in [2.24, 2.45) is 5.92 Å². The number of hydrogen-bond acceptors (Lipinski definition) is 2. The van der Waals surface area contributed by atoms with Crippen LogP contribution in [0.1, 0.15) is 41.0 Å². The fourth-order valence-corrected chi connectivity index (χ4v) is 1.66. The summed E-state index contributed by atoms with van der Waals surface area (Å²) in [5, 5.41) is 3.51. The topological polar surface area (TPSA) is 15.3 Å². The van der Waals surface area contributed by atoms with Crippen molar-refractivity contribution in [2.75, 3.05) is 20.1 Å². The van der Waals surface area contributed by atoms with E-state index in [1.807, 2.05) is 0 Å². The highest BCUT2D eigenvalue weighted by atomic mass is 15.2. The SMILES string of the molecule is CCCNCC(C(C)C)N(C)C(C)C. The second-order valence-electron chi connectivity index (χ2n) is 4.77. The second kappa shape index (κ2) is 7.24. The quantitative estimate of drug-likeness (QED) is 0.635. The molecule has 0 aromatic carbocycles. The summed E-state index contributed by atoms with van der Waals surface area (Å²) in [5.74, 6) is 0.715. The van der Waals surface area contributed by atoms with Gasteiger partial charge >= 0.3 is 0 Å². The van der Waals surface area contributed by atoms with Gasteiger partial charge in [-0.05, 0) is 39.8 Å². The lowest BCUT2D eigenvalue weighted by Gasteiger charge is -2.34. The van der Waals surface area contributed by atoms with E-state index in [9.17, 15) is 0 Å². The van der Waals surface area contributed by atoms with Crippen LogP contribution in [0.3, 0.4) is 0 Å². The van der Waals surface area contributed by atoms with Crippen molar-refractivity contribution < 1.29 is 0 Å².